The van der Waals surface area contributed by atoms with Crippen LogP contribution in [-0.4, -0.2) is 10.8 Å². The monoisotopic (exact) mass is 281 g/mol. The highest BCUT2D eigenvalue weighted by molar-refractivity contribution is 6.03. The lowest BCUT2D eigenvalue weighted by molar-refractivity contribution is 0.480. The highest BCUT2D eigenvalue weighted by Gasteiger charge is 2.13. The van der Waals surface area contributed by atoms with E-state index < -0.39 is 5.82 Å². The van der Waals surface area contributed by atoms with Gasteiger partial charge in [0.1, 0.15) is 23.2 Å². The van der Waals surface area contributed by atoms with E-state index in [2.05, 4.69) is 4.98 Å². The minimum Gasteiger partial charge on any atom is -0.456 e. The maximum atomic E-state index is 13.3. The predicted molar refractivity (Wildman–Crippen MR) is 79.2 cm³/mol. The summed E-state index contributed by atoms with van der Waals surface area (Å²) in [5.74, 6) is 0.197. The molecule has 0 amide bonds. The number of aromatic nitrogens is 1. The third-order valence-electron chi connectivity index (χ3n) is 3.03. The molecule has 21 heavy (non-hydrogen) atoms. The van der Waals surface area contributed by atoms with Gasteiger partial charge in [-0.05, 0) is 24.3 Å². The highest BCUT2D eigenvalue weighted by Crippen LogP contribution is 2.32. The van der Waals surface area contributed by atoms with Crippen molar-refractivity contribution in [3.05, 3.63) is 66.1 Å². The maximum absolute atomic E-state index is 13.3. The van der Waals surface area contributed by atoms with Gasteiger partial charge in [-0.2, -0.15) is 0 Å². The minimum atomic E-state index is -0.393. The molecule has 0 aliphatic carbocycles. The molecule has 0 saturated carbocycles. The molecule has 3 aromatic rings. The molecule has 0 radical (unpaired) electrons. The summed E-state index contributed by atoms with van der Waals surface area (Å²) in [5, 5.41) is 8.36. The van der Waals surface area contributed by atoms with Crippen LogP contribution in [0.15, 0.2) is 54.7 Å². The number of pyridine rings is 1. The summed E-state index contributed by atoms with van der Waals surface area (Å²) in [6.45, 7) is 0. The van der Waals surface area contributed by atoms with Gasteiger partial charge in [-0.25, -0.2) is 4.39 Å². The number of nitrogen functional groups attached to an aromatic ring is 1. The molecule has 3 rings (SSSR count). The van der Waals surface area contributed by atoms with Crippen molar-refractivity contribution in [2.45, 2.75) is 0 Å². The molecule has 1 heterocycles. The number of hydrogen-bond donors (Lipinski definition) is 2. The van der Waals surface area contributed by atoms with Crippen LogP contribution in [0.4, 0.5) is 4.39 Å². The van der Waals surface area contributed by atoms with E-state index in [1.807, 2.05) is 24.3 Å². The second-order valence-corrected chi connectivity index (χ2v) is 4.49. The van der Waals surface area contributed by atoms with Crippen molar-refractivity contribution in [2.75, 3.05) is 0 Å². The van der Waals surface area contributed by atoms with Crippen molar-refractivity contribution >= 4 is 16.7 Å². The smallest absolute Gasteiger partial charge is 0.149 e. The highest BCUT2D eigenvalue weighted by atomic mass is 19.1. The van der Waals surface area contributed by atoms with Gasteiger partial charge in [0.25, 0.3) is 0 Å². The molecule has 0 bridgehead atoms. The first-order valence-corrected chi connectivity index (χ1v) is 6.31. The third-order valence-corrected chi connectivity index (χ3v) is 3.03. The van der Waals surface area contributed by atoms with Crippen LogP contribution in [0.3, 0.4) is 0 Å². The number of halogens is 1. The lowest BCUT2D eigenvalue weighted by Gasteiger charge is -2.12. The topological polar surface area (TPSA) is 72.0 Å². The fourth-order valence-corrected chi connectivity index (χ4v) is 2.07. The lowest BCUT2D eigenvalue weighted by atomic mass is 10.1. The van der Waals surface area contributed by atoms with Crippen LogP contribution in [0, 0.1) is 11.2 Å². The number of hydrogen-bond acceptors (Lipinski definition) is 3. The Balaban J connectivity index is 2.18. The second kappa shape index (κ2) is 5.20. The summed E-state index contributed by atoms with van der Waals surface area (Å²) in [6, 6.07) is 13.2. The molecular weight excluding hydrogens is 269 g/mol. The van der Waals surface area contributed by atoms with Crippen molar-refractivity contribution in [1.29, 1.82) is 5.41 Å². The molecule has 3 N–H and O–H groups in total. The summed E-state index contributed by atoms with van der Waals surface area (Å²) in [5.41, 5.74) is 6.67. The summed E-state index contributed by atoms with van der Waals surface area (Å²) in [4.78, 5) is 4.25. The minimum absolute atomic E-state index is 0.153. The fraction of sp³-hybridized carbons (Fsp3) is 0. The zero-order chi connectivity index (χ0) is 14.8. The first-order chi connectivity index (χ1) is 10.1. The molecule has 4 nitrogen and oxygen atoms in total. The van der Waals surface area contributed by atoms with Crippen LogP contribution in [0.5, 0.6) is 11.5 Å². The molecule has 0 unspecified atom stereocenters. The van der Waals surface area contributed by atoms with Crippen LogP contribution < -0.4 is 10.5 Å². The van der Waals surface area contributed by atoms with E-state index in [0.29, 0.717) is 22.6 Å². The van der Waals surface area contributed by atoms with E-state index in [1.165, 1.54) is 18.3 Å². The Morgan fingerprint density at radius 2 is 1.95 bits per heavy atom. The van der Waals surface area contributed by atoms with Crippen molar-refractivity contribution in [3.63, 3.8) is 0 Å². The summed E-state index contributed by atoms with van der Waals surface area (Å²) in [7, 11) is 0. The van der Waals surface area contributed by atoms with Crippen LogP contribution in [0.1, 0.15) is 5.56 Å². The lowest BCUT2D eigenvalue weighted by Crippen LogP contribution is -2.13. The number of fused-ring (bicyclic) bond motifs is 1. The number of nitrogens with zero attached hydrogens (tertiary/aromatic N) is 1. The van der Waals surface area contributed by atoms with Gasteiger partial charge in [-0.15, -0.1) is 0 Å². The molecule has 0 aliphatic heterocycles. The van der Waals surface area contributed by atoms with Gasteiger partial charge in [0, 0.05) is 17.6 Å². The standard InChI is InChI=1S/C16H12FN3O/c17-10-4-3-5-11(8-10)21-15-12-6-1-2-7-14(12)20-9-13(15)16(18)19/h1-9H,(H3,18,19). The Bertz CT molecular complexity index is 833. The average molecular weight is 281 g/mol. The van der Waals surface area contributed by atoms with Crippen molar-refractivity contribution in [3.8, 4) is 11.5 Å². The Morgan fingerprint density at radius 3 is 2.71 bits per heavy atom. The number of rotatable bonds is 3. The Kier molecular flexibility index (Phi) is 3.23. The third kappa shape index (κ3) is 2.53. The number of benzene rings is 2. The van der Waals surface area contributed by atoms with Crippen molar-refractivity contribution < 1.29 is 9.13 Å². The molecule has 0 fully saturated rings. The SMILES string of the molecule is N=C(N)c1cnc2ccccc2c1Oc1cccc(F)c1. The van der Waals surface area contributed by atoms with Gasteiger partial charge in [0.2, 0.25) is 0 Å². The van der Waals surface area contributed by atoms with Crippen LogP contribution in [-0.2, 0) is 0 Å². The molecule has 0 spiro atoms. The number of amidine groups is 1. The van der Waals surface area contributed by atoms with E-state index >= 15 is 0 Å². The van der Waals surface area contributed by atoms with Crippen molar-refractivity contribution in [1.82, 2.24) is 4.98 Å². The molecule has 0 aliphatic rings. The predicted octanol–water partition coefficient (Wildman–Crippen LogP) is 3.45. The number of ether oxygens (including phenoxy) is 1. The largest absolute Gasteiger partial charge is 0.456 e. The van der Waals surface area contributed by atoms with Crippen LogP contribution in [0.2, 0.25) is 0 Å². The number of nitrogens with one attached hydrogen (secondary N) is 1. The molecule has 0 atom stereocenters. The first kappa shape index (κ1) is 13.1. The van der Waals surface area contributed by atoms with Gasteiger partial charge in [0.15, 0.2) is 0 Å². The van der Waals surface area contributed by atoms with E-state index in [9.17, 15) is 4.39 Å². The summed E-state index contributed by atoms with van der Waals surface area (Å²) in [6.07, 6.45) is 1.49. The summed E-state index contributed by atoms with van der Waals surface area (Å²) < 4.78 is 19.0. The zero-order valence-corrected chi connectivity index (χ0v) is 11.0. The van der Waals surface area contributed by atoms with E-state index in [-0.39, 0.29) is 5.84 Å². The van der Waals surface area contributed by atoms with Crippen LogP contribution in [0.25, 0.3) is 10.9 Å². The molecule has 2 aromatic carbocycles. The zero-order valence-electron chi connectivity index (χ0n) is 11.0. The molecule has 0 saturated heterocycles. The quantitative estimate of drug-likeness (QED) is 0.570. The van der Waals surface area contributed by atoms with Crippen LogP contribution >= 0.6 is 0 Å². The summed E-state index contributed by atoms with van der Waals surface area (Å²) >= 11 is 0. The first-order valence-electron chi connectivity index (χ1n) is 6.31. The second-order valence-electron chi connectivity index (χ2n) is 4.49. The van der Waals surface area contributed by atoms with Gasteiger partial charge in [-0.1, -0.05) is 18.2 Å². The molecular formula is C16H12FN3O. The Morgan fingerprint density at radius 1 is 1.14 bits per heavy atom. The number of nitrogens with two attached hydrogens (primary N) is 1. The Labute approximate surface area is 120 Å². The number of para-hydroxylation sites is 1. The average Bonchev–Trinajstić information content (AvgIpc) is 2.47. The van der Waals surface area contributed by atoms with Gasteiger partial charge < -0.3 is 10.5 Å². The van der Waals surface area contributed by atoms with Gasteiger partial charge >= 0.3 is 0 Å². The van der Waals surface area contributed by atoms with E-state index in [1.54, 1.807) is 12.1 Å². The van der Waals surface area contributed by atoms with E-state index in [4.69, 9.17) is 15.9 Å². The molecule has 1 aromatic heterocycles. The normalized spacial score (nSPS) is 10.5. The molecule has 104 valence electrons. The Hall–Kier alpha value is -2.95. The fourth-order valence-electron chi connectivity index (χ4n) is 2.07. The molecule has 5 heteroatoms. The van der Waals surface area contributed by atoms with Gasteiger partial charge in [0.05, 0.1) is 11.1 Å². The maximum Gasteiger partial charge on any atom is 0.149 e. The van der Waals surface area contributed by atoms with Crippen molar-refractivity contribution in [2.24, 2.45) is 5.73 Å². The van der Waals surface area contributed by atoms with E-state index in [0.717, 1.165) is 5.39 Å². The van der Waals surface area contributed by atoms with Gasteiger partial charge in [-0.3, -0.25) is 10.4 Å².